The molecule has 1 heterocycles. The summed E-state index contributed by atoms with van der Waals surface area (Å²) >= 11 is 0. The number of benzene rings is 2. The highest BCUT2D eigenvalue weighted by molar-refractivity contribution is 5.90. The molecule has 1 aliphatic heterocycles. The lowest BCUT2D eigenvalue weighted by Crippen LogP contribution is -2.13. The maximum Gasteiger partial charge on any atom is 0.0514 e. The molecule has 1 aliphatic rings. The number of aryl methyl sites for hydroxylation is 2. The largest absolute Gasteiger partial charge is 0.343 e. The van der Waals surface area contributed by atoms with Crippen LogP contribution in [0.1, 0.15) is 22.3 Å². The van der Waals surface area contributed by atoms with Crippen molar-refractivity contribution in [3.63, 3.8) is 0 Å². The molecule has 2 aromatic rings. The Bertz CT molecular complexity index is 638. The highest BCUT2D eigenvalue weighted by Gasteiger charge is 2.17. The van der Waals surface area contributed by atoms with Crippen LogP contribution in [-0.2, 0) is 0 Å². The summed E-state index contributed by atoms with van der Waals surface area (Å²) in [6.45, 7) is 4.35. The summed E-state index contributed by atoms with van der Waals surface area (Å²) in [4.78, 5) is 2.30. The SMILES string of the molecule is Cc1ccc(C)c2c1C=Cc1ccccc1N2C. The van der Waals surface area contributed by atoms with Gasteiger partial charge < -0.3 is 4.90 Å². The molecule has 0 N–H and O–H groups in total. The van der Waals surface area contributed by atoms with E-state index in [1.165, 1.54) is 33.6 Å². The maximum atomic E-state index is 2.30. The van der Waals surface area contributed by atoms with Gasteiger partial charge in [0.1, 0.15) is 0 Å². The van der Waals surface area contributed by atoms with Gasteiger partial charge in [-0.1, -0.05) is 42.5 Å². The first-order valence-electron chi connectivity index (χ1n) is 6.29. The Morgan fingerprint density at radius 3 is 2.39 bits per heavy atom. The Hall–Kier alpha value is -2.02. The molecule has 0 saturated heterocycles. The van der Waals surface area contributed by atoms with E-state index in [1.54, 1.807) is 0 Å². The molecule has 0 unspecified atom stereocenters. The average molecular weight is 235 g/mol. The summed E-state index contributed by atoms with van der Waals surface area (Å²) in [5.41, 5.74) is 7.83. The fourth-order valence-electron chi connectivity index (χ4n) is 2.70. The molecule has 0 atom stereocenters. The predicted octanol–water partition coefficient (Wildman–Crippen LogP) is 4.56. The molecule has 1 heteroatoms. The van der Waals surface area contributed by atoms with Gasteiger partial charge in [-0.05, 0) is 36.6 Å². The summed E-state index contributed by atoms with van der Waals surface area (Å²) < 4.78 is 0. The van der Waals surface area contributed by atoms with Crippen molar-refractivity contribution in [1.82, 2.24) is 0 Å². The number of anilines is 2. The second kappa shape index (κ2) is 4.02. The van der Waals surface area contributed by atoms with Gasteiger partial charge in [-0.3, -0.25) is 0 Å². The summed E-state index contributed by atoms with van der Waals surface area (Å²) in [5, 5.41) is 0. The smallest absolute Gasteiger partial charge is 0.0514 e. The number of fused-ring (bicyclic) bond motifs is 2. The van der Waals surface area contributed by atoms with Gasteiger partial charge in [0.2, 0.25) is 0 Å². The van der Waals surface area contributed by atoms with Crippen molar-refractivity contribution in [2.24, 2.45) is 0 Å². The number of para-hydroxylation sites is 1. The zero-order valence-corrected chi connectivity index (χ0v) is 11.1. The van der Waals surface area contributed by atoms with Crippen LogP contribution >= 0.6 is 0 Å². The second-order valence-corrected chi connectivity index (χ2v) is 4.91. The van der Waals surface area contributed by atoms with Crippen molar-refractivity contribution in [1.29, 1.82) is 0 Å². The highest BCUT2D eigenvalue weighted by Crippen LogP contribution is 2.38. The molecule has 1 nitrogen and oxygen atoms in total. The Morgan fingerprint density at radius 1 is 0.833 bits per heavy atom. The van der Waals surface area contributed by atoms with E-state index < -0.39 is 0 Å². The van der Waals surface area contributed by atoms with Crippen LogP contribution in [0.25, 0.3) is 12.2 Å². The van der Waals surface area contributed by atoms with E-state index in [-0.39, 0.29) is 0 Å². The minimum Gasteiger partial charge on any atom is -0.343 e. The van der Waals surface area contributed by atoms with Crippen molar-refractivity contribution in [2.45, 2.75) is 13.8 Å². The molecule has 0 spiro atoms. The number of hydrogen-bond acceptors (Lipinski definition) is 1. The van der Waals surface area contributed by atoms with Crippen LogP contribution in [0.15, 0.2) is 36.4 Å². The van der Waals surface area contributed by atoms with Gasteiger partial charge in [0.15, 0.2) is 0 Å². The Balaban J connectivity index is 2.33. The van der Waals surface area contributed by atoms with E-state index in [0.717, 1.165) is 0 Å². The van der Waals surface area contributed by atoms with E-state index in [4.69, 9.17) is 0 Å². The van der Waals surface area contributed by atoms with Gasteiger partial charge in [0.05, 0.1) is 5.69 Å². The van der Waals surface area contributed by atoms with Crippen molar-refractivity contribution in [2.75, 3.05) is 11.9 Å². The van der Waals surface area contributed by atoms with Gasteiger partial charge in [0.25, 0.3) is 0 Å². The van der Waals surface area contributed by atoms with Crippen LogP contribution in [0.2, 0.25) is 0 Å². The van der Waals surface area contributed by atoms with Crippen LogP contribution < -0.4 is 4.90 Å². The fraction of sp³-hybridized carbons (Fsp3) is 0.176. The van der Waals surface area contributed by atoms with Crippen molar-refractivity contribution >= 4 is 23.5 Å². The third-order valence-electron chi connectivity index (χ3n) is 3.70. The van der Waals surface area contributed by atoms with Crippen LogP contribution in [0.5, 0.6) is 0 Å². The van der Waals surface area contributed by atoms with Crippen molar-refractivity contribution in [3.8, 4) is 0 Å². The molecular formula is C17H17N. The maximum absolute atomic E-state index is 2.30. The third kappa shape index (κ3) is 1.55. The first-order valence-corrected chi connectivity index (χ1v) is 6.29. The van der Waals surface area contributed by atoms with Crippen LogP contribution in [-0.4, -0.2) is 7.05 Å². The normalized spacial score (nSPS) is 12.9. The molecule has 18 heavy (non-hydrogen) atoms. The number of hydrogen-bond donors (Lipinski definition) is 0. The van der Waals surface area contributed by atoms with E-state index >= 15 is 0 Å². The van der Waals surface area contributed by atoms with Gasteiger partial charge in [-0.25, -0.2) is 0 Å². The van der Waals surface area contributed by atoms with Crippen molar-refractivity contribution in [3.05, 3.63) is 58.7 Å². The lowest BCUT2D eigenvalue weighted by atomic mass is 10.0. The van der Waals surface area contributed by atoms with E-state index in [2.05, 4.69) is 74.3 Å². The molecule has 90 valence electrons. The predicted molar refractivity (Wildman–Crippen MR) is 79.3 cm³/mol. The minimum atomic E-state index is 1.27. The first kappa shape index (κ1) is 11.1. The number of nitrogens with zero attached hydrogens (tertiary/aromatic N) is 1. The van der Waals surface area contributed by atoms with Crippen LogP contribution in [0, 0.1) is 13.8 Å². The van der Waals surface area contributed by atoms with E-state index in [1.807, 2.05) is 0 Å². The monoisotopic (exact) mass is 235 g/mol. The molecule has 3 rings (SSSR count). The zero-order chi connectivity index (χ0) is 12.7. The quantitative estimate of drug-likeness (QED) is 0.647. The molecule has 2 aromatic carbocycles. The number of rotatable bonds is 0. The van der Waals surface area contributed by atoms with Crippen LogP contribution in [0.3, 0.4) is 0 Å². The van der Waals surface area contributed by atoms with Gasteiger partial charge in [-0.2, -0.15) is 0 Å². The minimum absolute atomic E-state index is 1.27. The molecule has 0 aromatic heterocycles. The van der Waals surface area contributed by atoms with Crippen LogP contribution in [0.4, 0.5) is 11.4 Å². The summed E-state index contributed by atoms with van der Waals surface area (Å²) in [6.07, 6.45) is 4.45. The first-order chi connectivity index (χ1) is 8.68. The zero-order valence-electron chi connectivity index (χ0n) is 11.1. The Kier molecular flexibility index (Phi) is 2.48. The molecule has 0 radical (unpaired) electrons. The topological polar surface area (TPSA) is 3.24 Å². The molecule has 0 aliphatic carbocycles. The van der Waals surface area contributed by atoms with E-state index in [0.29, 0.717) is 0 Å². The van der Waals surface area contributed by atoms with Gasteiger partial charge in [0, 0.05) is 18.3 Å². The molecular weight excluding hydrogens is 218 g/mol. The average Bonchev–Trinajstić information content (AvgIpc) is 2.53. The lowest BCUT2D eigenvalue weighted by molar-refractivity contribution is 1.17. The van der Waals surface area contributed by atoms with Crippen molar-refractivity contribution < 1.29 is 0 Å². The van der Waals surface area contributed by atoms with E-state index in [9.17, 15) is 0 Å². The molecule has 0 amide bonds. The highest BCUT2D eigenvalue weighted by atomic mass is 15.1. The Labute approximate surface area is 108 Å². The molecule has 0 bridgehead atoms. The Morgan fingerprint density at radius 2 is 1.56 bits per heavy atom. The standard InChI is InChI=1S/C17H17N/c1-12-8-9-13(2)17-15(12)11-10-14-6-4-5-7-16(14)18(17)3/h4-11H,1-3H3. The fourth-order valence-corrected chi connectivity index (χ4v) is 2.70. The summed E-state index contributed by atoms with van der Waals surface area (Å²) in [5.74, 6) is 0. The third-order valence-corrected chi connectivity index (χ3v) is 3.70. The summed E-state index contributed by atoms with van der Waals surface area (Å²) in [7, 11) is 2.15. The second-order valence-electron chi connectivity index (χ2n) is 4.91. The lowest BCUT2D eigenvalue weighted by Gasteiger charge is -2.24. The van der Waals surface area contributed by atoms with Gasteiger partial charge in [-0.15, -0.1) is 0 Å². The van der Waals surface area contributed by atoms with Gasteiger partial charge >= 0.3 is 0 Å². The summed E-state index contributed by atoms with van der Waals surface area (Å²) in [6, 6.07) is 12.9. The molecule has 0 fully saturated rings. The molecule has 0 saturated carbocycles.